The Labute approximate surface area is 179 Å². The minimum Gasteiger partial charge on any atom is -0.393 e. The number of rotatable bonds is 1. The molecular weight excluding hydrogens is 370 g/mol. The predicted molar refractivity (Wildman–Crippen MR) is 121 cm³/mol. The van der Waals surface area contributed by atoms with Crippen molar-refractivity contribution in [3.8, 4) is 0 Å². The van der Waals surface area contributed by atoms with Gasteiger partial charge in [-0.3, -0.25) is 0 Å². The molecular formula is C27H33NO2. The van der Waals surface area contributed by atoms with Gasteiger partial charge in [-0.2, -0.15) is 0 Å². The predicted octanol–water partition coefficient (Wildman–Crippen LogP) is 5.39. The number of aliphatic hydroxyl groups excluding tert-OH is 2. The lowest BCUT2D eigenvalue weighted by atomic mass is 9.47. The van der Waals surface area contributed by atoms with E-state index in [2.05, 4.69) is 67.1 Å². The van der Waals surface area contributed by atoms with E-state index in [0.29, 0.717) is 17.8 Å². The summed E-state index contributed by atoms with van der Waals surface area (Å²) < 4.78 is 2.38. The average Bonchev–Trinajstić information content (AvgIpc) is 3.28. The third kappa shape index (κ3) is 2.39. The Hall–Kier alpha value is -1.84. The molecule has 3 nitrogen and oxygen atoms in total. The van der Waals surface area contributed by atoms with Crippen molar-refractivity contribution >= 4 is 16.6 Å². The van der Waals surface area contributed by atoms with E-state index in [4.69, 9.17) is 0 Å². The van der Waals surface area contributed by atoms with Gasteiger partial charge in [0.25, 0.3) is 0 Å². The summed E-state index contributed by atoms with van der Waals surface area (Å²) in [5, 5.41) is 23.1. The first kappa shape index (κ1) is 18.9. The molecule has 2 N–H and O–H groups in total. The molecule has 158 valence electrons. The Kier molecular flexibility index (Phi) is 3.99. The molecule has 0 bridgehead atoms. The second-order valence-corrected chi connectivity index (χ2v) is 10.8. The Morgan fingerprint density at radius 1 is 1.00 bits per heavy atom. The van der Waals surface area contributed by atoms with E-state index in [1.807, 2.05) is 0 Å². The van der Waals surface area contributed by atoms with Gasteiger partial charge in [-0.25, -0.2) is 0 Å². The number of aliphatic hydroxyl groups is 2. The van der Waals surface area contributed by atoms with Crippen LogP contribution >= 0.6 is 0 Å². The topological polar surface area (TPSA) is 45.4 Å². The third-order valence-electron chi connectivity index (χ3n) is 9.41. The molecule has 1 heterocycles. The molecule has 1 aromatic carbocycles. The lowest BCUT2D eigenvalue weighted by Crippen LogP contribution is -2.56. The second kappa shape index (κ2) is 6.34. The Bertz CT molecular complexity index is 1060. The molecule has 0 spiro atoms. The van der Waals surface area contributed by atoms with Crippen molar-refractivity contribution in [3.05, 3.63) is 54.3 Å². The number of allylic oxidation sites excluding steroid dienone is 3. The summed E-state index contributed by atoms with van der Waals surface area (Å²) in [7, 11) is 0. The lowest BCUT2D eigenvalue weighted by Gasteiger charge is -2.59. The molecule has 2 saturated carbocycles. The molecule has 2 fully saturated rings. The van der Waals surface area contributed by atoms with E-state index in [0.717, 1.165) is 38.5 Å². The van der Waals surface area contributed by atoms with E-state index in [1.165, 1.54) is 22.2 Å². The molecule has 6 rings (SSSR count). The van der Waals surface area contributed by atoms with Gasteiger partial charge in [0.05, 0.1) is 17.7 Å². The minimum absolute atomic E-state index is 0.00173. The van der Waals surface area contributed by atoms with Crippen molar-refractivity contribution in [2.24, 2.45) is 28.6 Å². The number of hydrogen-bond donors (Lipinski definition) is 2. The van der Waals surface area contributed by atoms with Crippen LogP contribution in [0.2, 0.25) is 0 Å². The van der Waals surface area contributed by atoms with Crippen molar-refractivity contribution in [1.82, 2.24) is 4.57 Å². The van der Waals surface area contributed by atoms with Crippen LogP contribution in [-0.4, -0.2) is 27.0 Å². The molecule has 1 aromatic heterocycles. The molecule has 7 atom stereocenters. The summed E-state index contributed by atoms with van der Waals surface area (Å²) in [5.74, 6) is 1.40. The van der Waals surface area contributed by atoms with E-state index in [-0.39, 0.29) is 23.0 Å². The number of para-hydroxylation sites is 1. The molecule has 4 unspecified atom stereocenters. The first-order valence-electron chi connectivity index (χ1n) is 11.7. The summed E-state index contributed by atoms with van der Waals surface area (Å²) in [6, 6.07) is 10.8. The molecule has 4 aliphatic rings. The average molecular weight is 404 g/mol. The fourth-order valence-corrected chi connectivity index (χ4v) is 7.99. The fraction of sp³-hybridized carbons (Fsp3) is 0.556. The van der Waals surface area contributed by atoms with Gasteiger partial charge in [0.2, 0.25) is 0 Å². The number of aromatic nitrogens is 1. The minimum atomic E-state index is -0.288. The van der Waals surface area contributed by atoms with Gasteiger partial charge in [-0.1, -0.05) is 49.8 Å². The van der Waals surface area contributed by atoms with Gasteiger partial charge in [0.1, 0.15) is 0 Å². The maximum Gasteiger partial charge on any atom is 0.0588 e. The van der Waals surface area contributed by atoms with Crippen molar-refractivity contribution in [2.45, 2.75) is 64.6 Å². The molecule has 30 heavy (non-hydrogen) atoms. The van der Waals surface area contributed by atoms with Gasteiger partial charge >= 0.3 is 0 Å². The fourth-order valence-electron chi connectivity index (χ4n) is 7.99. The SMILES string of the molecule is C[C@]12CC[C@H](O)CC1=CCC1C2C(O)C[C@]2(C)C(n3ccc4ccccc43)=CCC12. The van der Waals surface area contributed by atoms with Gasteiger partial charge in [-0.15, -0.1) is 0 Å². The highest BCUT2D eigenvalue weighted by Gasteiger charge is 2.60. The highest BCUT2D eigenvalue weighted by Crippen LogP contribution is 2.65. The van der Waals surface area contributed by atoms with Gasteiger partial charge in [0.15, 0.2) is 0 Å². The largest absolute Gasteiger partial charge is 0.393 e. The third-order valence-corrected chi connectivity index (χ3v) is 9.41. The Balaban J connectivity index is 1.40. The molecule has 3 heteroatoms. The summed E-state index contributed by atoms with van der Waals surface area (Å²) in [6.45, 7) is 4.77. The molecule has 0 radical (unpaired) electrons. The standard InChI is InChI=1S/C27H33NO2/c1-26-13-11-19(29)15-18(26)7-8-20-21-9-10-24(27(21,2)16-23(30)25(20)26)28-14-12-17-5-3-4-6-22(17)28/h3-7,10,12,14,19-21,23,25,29-30H,8-9,11,13,15-16H2,1-2H3/t19-,20?,21?,23?,25?,26-,27-/m0/s1. The van der Waals surface area contributed by atoms with E-state index >= 15 is 0 Å². The van der Waals surface area contributed by atoms with Crippen molar-refractivity contribution in [1.29, 1.82) is 0 Å². The van der Waals surface area contributed by atoms with Gasteiger partial charge in [-0.05, 0) is 79.2 Å². The Morgan fingerprint density at radius 2 is 1.83 bits per heavy atom. The van der Waals surface area contributed by atoms with Crippen LogP contribution in [0.1, 0.15) is 52.4 Å². The first-order chi connectivity index (χ1) is 14.4. The zero-order valence-corrected chi connectivity index (χ0v) is 18.1. The summed E-state index contributed by atoms with van der Waals surface area (Å²) in [4.78, 5) is 0. The smallest absolute Gasteiger partial charge is 0.0588 e. The van der Waals surface area contributed by atoms with Crippen LogP contribution in [0.25, 0.3) is 16.6 Å². The van der Waals surface area contributed by atoms with Crippen LogP contribution in [0, 0.1) is 28.6 Å². The van der Waals surface area contributed by atoms with Gasteiger partial charge < -0.3 is 14.8 Å². The lowest BCUT2D eigenvalue weighted by molar-refractivity contribution is -0.105. The maximum absolute atomic E-state index is 11.6. The summed E-state index contributed by atoms with van der Waals surface area (Å²) in [5.41, 5.74) is 4.10. The van der Waals surface area contributed by atoms with Crippen molar-refractivity contribution in [2.75, 3.05) is 0 Å². The maximum atomic E-state index is 11.6. The highest BCUT2D eigenvalue weighted by atomic mass is 16.3. The number of benzene rings is 1. The van der Waals surface area contributed by atoms with Crippen LogP contribution in [0.3, 0.4) is 0 Å². The van der Waals surface area contributed by atoms with E-state index < -0.39 is 0 Å². The normalized spacial score (nSPS) is 42.9. The van der Waals surface area contributed by atoms with Crippen molar-refractivity contribution < 1.29 is 10.2 Å². The summed E-state index contributed by atoms with van der Waals surface area (Å²) in [6.07, 6.45) is 12.3. The molecule has 0 amide bonds. The zero-order valence-electron chi connectivity index (χ0n) is 18.1. The first-order valence-corrected chi connectivity index (χ1v) is 11.7. The molecule has 2 aromatic rings. The quantitative estimate of drug-likeness (QED) is 0.627. The molecule has 0 aliphatic heterocycles. The molecule has 4 aliphatic carbocycles. The summed E-state index contributed by atoms with van der Waals surface area (Å²) >= 11 is 0. The number of hydrogen-bond acceptors (Lipinski definition) is 2. The van der Waals surface area contributed by atoms with Crippen LogP contribution in [0.15, 0.2) is 54.3 Å². The second-order valence-electron chi connectivity index (χ2n) is 10.8. The number of fused-ring (bicyclic) bond motifs is 6. The van der Waals surface area contributed by atoms with Crippen LogP contribution in [0.4, 0.5) is 0 Å². The van der Waals surface area contributed by atoms with Crippen LogP contribution < -0.4 is 0 Å². The molecule has 0 saturated heterocycles. The van der Waals surface area contributed by atoms with E-state index in [1.54, 1.807) is 0 Å². The van der Waals surface area contributed by atoms with Crippen molar-refractivity contribution in [3.63, 3.8) is 0 Å². The van der Waals surface area contributed by atoms with Crippen LogP contribution in [0.5, 0.6) is 0 Å². The van der Waals surface area contributed by atoms with E-state index in [9.17, 15) is 10.2 Å². The highest BCUT2D eigenvalue weighted by molar-refractivity contribution is 5.84. The van der Waals surface area contributed by atoms with Crippen LogP contribution in [-0.2, 0) is 0 Å². The monoisotopic (exact) mass is 403 g/mol. The number of nitrogens with zero attached hydrogens (tertiary/aromatic N) is 1. The zero-order chi connectivity index (χ0) is 20.7. The van der Waals surface area contributed by atoms with Gasteiger partial charge in [0, 0.05) is 17.3 Å². The Morgan fingerprint density at radius 3 is 2.70 bits per heavy atom.